The maximum absolute atomic E-state index is 12.4. The highest BCUT2D eigenvalue weighted by Crippen LogP contribution is 2.41. The Morgan fingerprint density at radius 1 is 1.25 bits per heavy atom. The summed E-state index contributed by atoms with van der Waals surface area (Å²) in [7, 11) is 1.44. The maximum atomic E-state index is 12.4. The third kappa shape index (κ3) is 3.21. The zero-order valence-electron chi connectivity index (χ0n) is 14.7. The molecule has 5 nitrogen and oxygen atoms in total. The van der Waals surface area contributed by atoms with Crippen molar-refractivity contribution in [2.75, 3.05) is 13.7 Å². The van der Waals surface area contributed by atoms with Gasteiger partial charge in [-0.15, -0.1) is 0 Å². The highest BCUT2D eigenvalue weighted by Gasteiger charge is 2.33. The molecule has 1 aliphatic heterocycles. The van der Waals surface area contributed by atoms with Crippen LogP contribution in [0.25, 0.3) is 0 Å². The van der Waals surface area contributed by atoms with E-state index in [1.54, 1.807) is 0 Å². The first kappa shape index (κ1) is 17.0. The second-order valence-electron chi connectivity index (χ2n) is 7.14. The minimum absolute atomic E-state index is 0.126. The van der Waals surface area contributed by atoms with Gasteiger partial charge in [0.15, 0.2) is 0 Å². The van der Waals surface area contributed by atoms with Crippen LogP contribution in [0.5, 0.6) is 0 Å². The number of rotatable bonds is 3. The third-order valence-electron chi connectivity index (χ3n) is 5.57. The van der Waals surface area contributed by atoms with Gasteiger partial charge < -0.3 is 15.0 Å². The summed E-state index contributed by atoms with van der Waals surface area (Å²) in [6.07, 6.45) is 7.44. The number of nitrogens with one attached hydrogen (secondary N) is 2. The molecule has 1 aromatic rings. The van der Waals surface area contributed by atoms with Crippen molar-refractivity contribution in [1.82, 2.24) is 10.3 Å². The van der Waals surface area contributed by atoms with Crippen LogP contribution < -0.4 is 5.32 Å². The number of hydrogen-bond donors (Lipinski definition) is 2. The van der Waals surface area contributed by atoms with Gasteiger partial charge in [-0.1, -0.05) is 12.8 Å². The van der Waals surface area contributed by atoms with Crippen LogP contribution in [0.15, 0.2) is 0 Å². The fourth-order valence-corrected chi connectivity index (χ4v) is 4.38. The van der Waals surface area contributed by atoms with Gasteiger partial charge in [0.1, 0.15) is 0 Å². The van der Waals surface area contributed by atoms with Crippen LogP contribution in [0, 0.1) is 24.2 Å². The summed E-state index contributed by atoms with van der Waals surface area (Å²) in [5.41, 5.74) is 3.85. The van der Waals surface area contributed by atoms with E-state index in [0.29, 0.717) is 11.5 Å². The molecule has 24 heavy (non-hydrogen) atoms. The van der Waals surface area contributed by atoms with Crippen LogP contribution in [-0.4, -0.2) is 24.6 Å². The highest BCUT2D eigenvalue weighted by molar-refractivity contribution is 5.93. The Labute approximate surface area is 143 Å². The lowest BCUT2D eigenvalue weighted by Gasteiger charge is -2.30. The topological polar surface area (TPSA) is 77.9 Å². The molecule has 2 N–H and O–H groups in total. The Kier molecular flexibility index (Phi) is 5.25. The smallest absolute Gasteiger partial charge is 0.340 e. The zero-order valence-corrected chi connectivity index (χ0v) is 14.7. The predicted molar refractivity (Wildman–Crippen MR) is 91.8 cm³/mol. The van der Waals surface area contributed by atoms with E-state index in [9.17, 15) is 10.1 Å². The summed E-state index contributed by atoms with van der Waals surface area (Å²) in [5.74, 6) is 0.199. The van der Waals surface area contributed by atoms with Crippen LogP contribution in [0.1, 0.15) is 84.2 Å². The molecule has 1 saturated carbocycles. The van der Waals surface area contributed by atoms with E-state index in [1.807, 2.05) is 6.92 Å². The van der Waals surface area contributed by atoms with E-state index in [1.165, 1.54) is 20.0 Å². The molecule has 2 heterocycles. The fraction of sp³-hybridized carbons (Fsp3) is 0.684. The largest absolute Gasteiger partial charge is 0.465 e. The average molecular weight is 329 g/mol. The number of aromatic nitrogens is 1. The molecule has 0 amide bonds. The van der Waals surface area contributed by atoms with Crippen LogP contribution >= 0.6 is 0 Å². The van der Waals surface area contributed by atoms with Gasteiger partial charge >= 0.3 is 5.97 Å². The van der Waals surface area contributed by atoms with Crippen molar-refractivity contribution in [1.29, 1.82) is 5.26 Å². The molecule has 3 atom stereocenters. The van der Waals surface area contributed by atoms with Crippen molar-refractivity contribution in [3.05, 3.63) is 22.5 Å². The number of piperidine rings is 1. The molecular formula is C19H27N3O2. The van der Waals surface area contributed by atoms with Crippen LogP contribution in [0.2, 0.25) is 0 Å². The monoisotopic (exact) mass is 329 g/mol. The van der Waals surface area contributed by atoms with Crippen molar-refractivity contribution >= 4 is 5.97 Å². The second kappa shape index (κ2) is 7.40. The molecule has 3 unspecified atom stereocenters. The van der Waals surface area contributed by atoms with Crippen LogP contribution in [0.4, 0.5) is 0 Å². The van der Waals surface area contributed by atoms with E-state index in [0.717, 1.165) is 55.6 Å². The minimum atomic E-state index is -0.259. The summed E-state index contributed by atoms with van der Waals surface area (Å²) in [5, 5.41) is 12.9. The molecular weight excluding hydrogens is 302 g/mol. The lowest BCUT2D eigenvalue weighted by atomic mass is 9.78. The van der Waals surface area contributed by atoms with Gasteiger partial charge in [-0.25, -0.2) is 4.79 Å². The van der Waals surface area contributed by atoms with Crippen molar-refractivity contribution in [3.8, 4) is 6.07 Å². The Balaban J connectivity index is 2.01. The van der Waals surface area contributed by atoms with Crippen molar-refractivity contribution in [2.45, 2.75) is 63.8 Å². The predicted octanol–water partition coefficient (Wildman–Crippen LogP) is 3.72. The summed E-state index contributed by atoms with van der Waals surface area (Å²) >= 11 is 0. The quantitative estimate of drug-likeness (QED) is 0.828. The van der Waals surface area contributed by atoms with Crippen LogP contribution in [0.3, 0.4) is 0 Å². The third-order valence-corrected chi connectivity index (χ3v) is 5.57. The highest BCUT2D eigenvalue weighted by atomic mass is 16.5. The number of H-pyrrole nitrogens is 1. The van der Waals surface area contributed by atoms with E-state index >= 15 is 0 Å². The first-order valence-corrected chi connectivity index (χ1v) is 9.09. The minimum Gasteiger partial charge on any atom is -0.465 e. The Bertz CT molecular complexity index is 638. The molecule has 3 rings (SSSR count). The number of hydrogen-bond acceptors (Lipinski definition) is 4. The zero-order chi connectivity index (χ0) is 17.1. The number of carbonyl (C=O) groups is 1. The van der Waals surface area contributed by atoms with E-state index in [-0.39, 0.29) is 17.9 Å². The molecule has 0 bridgehead atoms. The van der Waals surface area contributed by atoms with Gasteiger partial charge in [0, 0.05) is 34.8 Å². The van der Waals surface area contributed by atoms with Crippen molar-refractivity contribution in [2.24, 2.45) is 5.92 Å². The Morgan fingerprint density at radius 3 is 2.75 bits per heavy atom. The van der Waals surface area contributed by atoms with Crippen molar-refractivity contribution < 1.29 is 9.53 Å². The van der Waals surface area contributed by atoms with Gasteiger partial charge in [0.05, 0.1) is 18.7 Å². The Morgan fingerprint density at radius 2 is 2.08 bits per heavy atom. The summed E-state index contributed by atoms with van der Waals surface area (Å²) in [6, 6.07) is 2.64. The summed E-state index contributed by atoms with van der Waals surface area (Å²) in [4.78, 5) is 15.9. The van der Waals surface area contributed by atoms with E-state index < -0.39 is 0 Å². The summed E-state index contributed by atoms with van der Waals surface area (Å²) in [6.45, 7) is 2.94. The van der Waals surface area contributed by atoms with Crippen molar-refractivity contribution in [3.63, 3.8) is 0 Å². The fourth-order valence-electron chi connectivity index (χ4n) is 4.38. The molecule has 0 radical (unpaired) electrons. The van der Waals surface area contributed by atoms with Gasteiger partial charge in [-0.05, 0) is 45.6 Å². The molecule has 130 valence electrons. The second-order valence-corrected chi connectivity index (χ2v) is 7.14. The average Bonchev–Trinajstić information content (AvgIpc) is 2.99. The lowest BCUT2D eigenvalue weighted by molar-refractivity contribution is 0.0597. The molecule has 1 aromatic heterocycles. The number of nitrogens with zero attached hydrogens (tertiary/aromatic N) is 1. The first-order chi connectivity index (χ1) is 11.7. The number of methoxy groups -OCH3 is 1. The van der Waals surface area contributed by atoms with E-state index in [2.05, 4.69) is 16.4 Å². The standard InChI is InChI=1S/C19H27N3O2/c1-12-16(19(23)24-2)17(15-8-3-4-9-21-15)18(22-12)14-7-5-6-13(10-14)11-20/h13-15,21-22H,3-10H2,1-2H3. The van der Waals surface area contributed by atoms with Gasteiger partial charge in [0.2, 0.25) is 0 Å². The Hall–Kier alpha value is -1.80. The number of aromatic amines is 1. The van der Waals surface area contributed by atoms with E-state index in [4.69, 9.17) is 4.74 Å². The molecule has 1 saturated heterocycles. The SMILES string of the molecule is COC(=O)c1c(C)[nH]c(C2CCCC(C#N)C2)c1C1CCCCN1. The molecule has 2 fully saturated rings. The molecule has 5 heteroatoms. The number of carbonyl (C=O) groups excluding carboxylic acids is 1. The summed E-state index contributed by atoms with van der Waals surface area (Å²) < 4.78 is 5.05. The van der Waals surface area contributed by atoms with Gasteiger partial charge in [0.25, 0.3) is 0 Å². The molecule has 1 aliphatic carbocycles. The van der Waals surface area contributed by atoms with Gasteiger partial charge in [-0.3, -0.25) is 0 Å². The van der Waals surface area contributed by atoms with Gasteiger partial charge in [-0.2, -0.15) is 5.26 Å². The number of esters is 1. The number of ether oxygens (including phenoxy) is 1. The normalized spacial score (nSPS) is 27.5. The molecule has 0 spiro atoms. The van der Waals surface area contributed by atoms with Crippen LogP contribution in [-0.2, 0) is 4.74 Å². The molecule has 0 aromatic carbocycles. The molecule has 2 aliphatic rings. The lowest BCUT2D eigenvalue weighted by Crippen LogP contribution is -2.29. The maximum Gasteiger partial charge on any atom is 0.340 e. The number of nitriles is 1. The number of aryl methyl sites for hydroxylation is 1. The first-order valence-electron chi connectivity index (χ1n) is 9.09.